The van der Waals surface area contributed by atoms with Crippen LogP contribution in [-0.2, 0) is 12.8 Å². The highest BCUT2D eigenvalue weighted by Crippen LogP contribution is 2.23. The minimum Gasteiger partial charge on any atom is -0.293 e. The Kier molecular flexibility index (Phi) is 4.30. The SMILES string of the molecule is CCc1ccsc1C(=O)Cc1ccc(F)cc1Br. The molecule has 2 aromatic rings. The van der Waals surface area contributed by atoms with E-state index in [1.54, 1.807) is 6.07 Å². The lowest BCUT2D eigenvalue weighted by Crippen LogP contribution is -2.04. The quantitative estimate of drug-likeness (QED) is 0.748. The van der Waals surface area contributed by atoms with Crippen molar-refractivity contribution in [2.45, 2.75) is 19.8 Å². The largest absolute Gasteiger partial charge is 0.293 e. The van der Waals surface area contributed by atoms with Gasteiger partial charge < -0.3 is 0 Å². The van der Waals surface area contributed by atoms with Gasteiger partial charge in [-0.1, -0.05) is 28.9 Å². The summed E-state index contributed by atoms with van der Waals surface area (Å²) < 4.78 is 13.6. The third-order valence-electron chi connectivity index (χ3n) is 2.75. The van der Waals surface area contributed by atoms with Gasteiger partial charge in [0.05, 0.1) is 4.88 Å². The molecular weight excluding hydrogens is 315 g/mol. The minimum atomic E-state index is -0.302. The molecule has 18 heavy (non-hydrogen) atoms. The van der Waals surface area contributed by atoms with Crippen LogP contribution in [0.15, 0.2) is 34.1 Å². The zero-order valence-corrected chi connectivity index (χ0v) is 12.3. The number of carbonyl (C=O) groups is 1. The summed E-state index contributed by atoms with van der Waals surface area (Å²) in [5.74, 6) is -0.211. The molecule has 1 aromatic heterocycles. The Morgan fingerprint density at radius 3 is 2.78 bits per heavy atom. The van der Waals surface area contributed by atoms with E-state index in [0.29, 0.717) is 10.9 Å². The maximum absolute atomic E-state index is 13.0. The van der Waals surface area contributed by atoms with E-state index < -0.39 is 0 Å². The molecule has 0 bridgehead atoms. The zero-order valence-electron chi connectivity index (χ0n) is 9.87. The van der Waals surface area contributed by atoms with Crippen LogP contribution in [-0.4, -0.2) is 5.78 Å². The van der Waals surface area contributed by atoms with E-state index in [0.717, 1.165) is 22.4 Å². The lowest BCUT2D eigenvalue weighted by molar-refractivity contribution is 0.0996. The lowest BCUT2D eigenvalue weighted by atomic mass is 10.1. The topological polar surface area (TPSA) is 17.1 Å². The van der Waals surface area contributed by atoms with Crippen molar-refractivity contribution in [1.82, 2.24) is 0 Å². The number of hydrogen-bond acceptors (Lipinski definition) is 2. The highest BCUT2D eigenvalue weighted by atomic mass is 79.9. The molecule has 4 heteroatoms. The molecule has 0 saturated carbocycles. The molecule has 0 amide bonds. The summed E-state index contributed by atoms with van der Waals surface area (Å²) in [6, 6.07) is 6.40. The fourth-order valence-corrected chi connectivity index (χ4v) is 3.20. The van der Waals surface area contributed by atoms with Crippen molar-refractivity contribution in [2.24, 2.45) is 0 Å². The minimum absolute atomic E-state index is 0.0918. The van der Waals surface area contributed by atoms with E-state index in [2.05, 4.69) is 15.9 Å². The Balaban J connectivity index is 2.21. The number of halogens is 2. The summed E-state index contributed by atoms with van der Waals surface area (Å²) >= 11 is 4.76. The van der Waals surface area contributed by atoms with E-state index in [1.807, 2.05) is 18.4 Å². The van der Waals surface area contributed by atoms with Crippen molar-refractivity contribution in [3.63, 3.8) is 0 Å². The smallest absolute Gasteiger partial charge is 0.177 e. The van der Waals surface area contributed by atoms with Crippen LogP contribution >= 0.6 is 27.3 Å². The normalized spacial score (nSPS) is 10.6. The molecule has 0 saturated heterocycles. The Morgan fingerprint density at radius 1 is 1.33 bits per heavy atom. The molecule has 0 N–H and O–H groups in total. The Labute approximate surface area is 118 Å². The standard InChI is InChI=1S/C14H12BrFOS/c1-2-9-5-6-18-14(9)13(17)7-10-3-4-11(16)8-12(10)15/h3-6,8H,2,7H2,1H3. The highest BCUT2D eigenvalue weighted by molar-refractivity contribution is 9.10. The molecule has 1 aromatic carbocycles. The van der Waals surface area contributed by atoms with E-state index in [9.17, 15) is 9.18 Å². The van der Waals surface area contributed by atoms with Gasteiger partial charge in [-0.05, 0) is 41.1 Å². The number of benzene rings is 1. The van der Waals surface area contributed by atoms with Crippen molar-refractivity contribution in [3.05, 3.63) is 55.9 Å². The molecule has 94 valence electrons. The van der Waals surface area contributed by atoms with Crippen molar-refractivity contribution < 1.29 is 9.18 Å². The molecule has 0 fully saturated rings. The van der Waals surface area contributed by atoms with Crippen LogP contribution in [0.1, 0.15) is 27.7 Å². The zero-order chi connectivity index (χ0) is 13.1. The average molecular weight is 327 g/mol. The van der Waals surface area contributed by atoms with E-state index in [1.165, 1.54) is 23.5 Å². The summed E-state index contributed by atoms with van der Waals surface area (Å²) in [4.78, 5) is 13.0. The molecule has 1 heterocycles. The highest BCUT2D eigenvalue weighted by Gasteiger charge is 2.14. The van der Waals surface area contributed by atoms with Crippen LogP contribution in [0.5, 0.6) is 0 Å². The second kappa shape index (κ2) is 5.76. The Morgan fingerprint density at radius 2 is 2.11 bits per heavy atom. The second-order valence-corrected chi connectivity index (χ2v) is 5.73. The summed E-state index contributed by atoms with van der Waals surface area (Å²) in [5, 5.41) is 1.94. The van der Waals surface area contributed by atoms with Gasteiger partial charge in [0, 0.05) is 10.9 Å². The van der Waals surface area contributed by atoms with Gasteiger partial charge in [-0.3, -0.25) is 4.79 Å². The number of carbonyl (C=O) groups excluding carboxylic acids is 1. The first-order chi connectivity index (χ1) is 8.61. The molecule has 0 aliphatic rings. The number of rotatable bonds is 4. The maximum Gasteiger partial charge on any atom is 0.177 e. The predicted molar refractivity (Wildman–Crippen MR) is 75.8 cm³/mol. The number of thiophene rings is 1. The van der Waals surface area contributed by atoms with Gasteiger partial charge in [0.25, 0.3) is 0 Å². The third-order valence-corrected chi connectivity index (χ3v) is 4.48. The third kappa shape index (κ3) is 2.87. The van der Waals surface area contributed by atoms with Gasteiger partial charge in [0.1, 0.15) is 5.82 Å². The van der Waals surface area contributed by atoms with Crippen molar-refractivity contribution in [1.29, 1.82) is 0 Å². The van der Waals surface area contributed by atoms with Gasteiger partial charge >= 0.3 is 0 Å². The molecular formula is C14H12BrFOS. The van der Waals surface area contributed by atoms with Crippen LogP contribution in [0.3, 0.4) is 0 Å². The van der Waals surface area contributed by atoms with Crippen LogP contribution in [0.4, 0.5) is 4.39 Å². The van der Waals surface area contributed by atoms with Gasteiger partial charge in [0.15, 0.2) is 5.78 Å². The molecule has 1 nitrogen and oxygen atoms in total. The summed E-state index contributed by atoms with van der Waals surface area (Å²) in [6.07, 6.45) is 1.16. The van der Waals surface area contributed by atoms with Crippen LogP contribution < -0.4 is 0 Å². The molecule has 0 atom stereocenters. The summed E-state index contributed by atoms with van der Waals surface area (Å²) in [7, 11) is 0. The summed E-state index contributed by atoms with van der Waals surface area (Å²) in [5.41, 5.74) is 1.90. The lowest BCUT2D eigenvalue weighted by Gasteiger charge is -2.04. The Bertz CT molecular complexity index is 577. The fourth-order valence-electron chi connectivity index (χ4n) is 1.78. The van der Waals surface area contributed by atoms with Crippen LogP contribution in [0.25, 0.3) is 0 Å². The van der Waals surface area contributed by atoms with E-state index >= 15 is 0 Å². The summed E-state index contributed by atoms with van der Waals surface area (Å²) in [6.45, 7) is 2.03. The molecule has 0 unspecified atom stereocenters. The van der Waals surface area contributed by atoms with Gasteiger partial charge in [-0.15, -0.1) is 11.3 Å². The van der Waals surface area contributed by atoms with Crippen molar-refractivity contribution in [2.75, 3.05) is 0 Å². The number of Topliss-reactive ketones (excluding diaryl/α,β-unsaturated/α-hetero) is 1. The number of aryl methyl sites for hydroxylation is 1. The number of hydrogen-bond donors (Lipinski definition) is 0. The van der Waals surface area contributed by atoms with E-state index in [-0.39, 0.29) is 11.6 Å². The first kappa shape index (κ1) is 13.4. The van der Waals surface area contributed by atoms with Crippen LogP contribution in [0, 0.1) is 5.82 Å². The Hall–Kier alpha value is -1.00. The molecule has 0 radical (unpaired) electrons. The first-order valence-corrected chi connectivity index (χ1v) is 7.32. The second-order valence-electron chi connectivity index (χ2n) is 3.96. The van der Waals surface area contributed by atoms with Crippen LogP contribution in [0.2, 0.25) is 0 Å². The monoisotopic (exact) mass is 326 g/mol. The molecule has 2 rings (SSSR count). The maximum atomic E-state index is 13.0. The van der Waals surface area contributed by atoms with Crippen molar-refractivity contribution >= 4 is 33.0 Å². The van der Waals surface area contributed by atoms with Gasteiger partial charge in [0.2, 0.25) is 0 Å². The van der Waals surface area contributed by atoms with Gasteiger partial charge in [-0.25, -0.2) is 4.39 Å². The number of ketones is 1. The van der Waals surface area contributed by atoms with Crippen molar-refractivity contribution in [3.8, 4) is 0 Å². The predicted octanol–water partition coefficient (Wildman–Crippen LogP) is 4.64. The average Bonchev–Trinajstić information content (AvgIpc) is 2.81. The molecule has 0 aliphatic heterocycles. The molecule has 0 spiro atoms. The molecule has 0 aliphatic carbocycles. The van der Waals surface area contributed by atoms with E-state index in [4.69, 9.17) is 0 Å². The first-order valence-electron chi connectivity index (χ1n) is 5.65. The van der Waals surface area contributed by atoms with Gasteiger partial charge in [-0.2, -0.15) is 0 Å². The fraction of sp³-hybridized carbons (Fsp3) is 0.214.